The van der Waals surface area contributed by atoms with Gasteiger partial charge in [0.15, 0.2) is 5.58 Å². The summed E-state index contributed by atoms with van der Waals surface area (Å²) in [6.07, 6.45) is 0. The van der Waals surface area contributed by atoms with E-state index in [-0.39, 0.29) is 0 Å². The maximum absolute atomic E-state index is 6.69. The maximum Gasteiger partial charge on any atom is 0.159 e. The lowest BCUT2D eigenvalue weighted by Gasteiger charge is -2.28. The number of hydrogen-bond acceptors (Lipinski definition) is 2. The van der Waals surface area contributed by atoms with Gasteiger partial charge in [-0.2, -0.15) is 0 Å². The molecule has 240 valence electrons. The molecule has 0 spiro atoms. The number of furan rings is 1. The molecule has 51 heavy (non-hydrogen) atoms. The molecule has 0 amide bonds. The molecular weight excluding hydrogens is 621 g/mol. The molecule has 0 N–H and O–H groups in total. The second kappa shape index (κ2) is 11.9. The Morgan fingerprint density at radius 1 is 0.392 bits per heavy atom. The molecule has 2 aromatic heterocycles. The summed E-state index contributed by atoms with van der Waals surface area (Å²) < 4.78 is 9.10. The molecule has 0 saturated heterocycles. The molecule has 3 heteroatoms. The number of para-hydroxylation sites is 6. The van der Waals surface area contributed by atoms with E-state index in [1.807, 2.05) is 6.07 Å². The lowest BCUT2D eigenvalue weighted by Crippen LogP contribution is -2.11. The van der Waals surface area contributed by atoms with Gasteiger partial charge in [0.2, 0.25) is 0 Å². The largest absolute Gasteiger partial charge is 0.454 e. The summed E-state index contributed by atoms with van der Waals surface area (Å²) in [6.45, 7) is 0. The monoisotopic (exact) mass is 652 g/mol. The van der Waals surface area contributed by atoms with Crippen LogP contribution in [-0.4, -0.2) is 4.57 Å². The van der Waals surface area contributed by atoms with Gasteiger partial charge in [0.05, 0.1) is 22.4 Å². The number of nitrogens with zero attached hydrogens (tertiary/aromatic N) is 2. The molecule has 0 radical (unpaired) electrons. The highest BCUT2D eigenvalue weighted by atomic mass is 16.3. The van der Waals surface area contributed by atoms with Crippen molar-refractivity contribution in [1.82, 2.24) is 4.57 Å². The van der Waals surface area contributed by atoms with E-state index in [1.54, 1.807) is 0 Å². The van der Waals surface area contributed by atoms with Crippen molar-refractivity contribution in [3.63, 3.8) is 0 Å². The molecule has 10 aromatic rings. The molecule has 2 heterocycles. The number of rotatable bonds is 6. The predicted molar refractivity (Wildman–Crippen MR) is 214 cm³/mol. The van der Waals surface area contributed by atoms with Crippen LogP contribution >= 0.6 is 0 Å². The van der Waals surface area contributed by atoms with Crippen LogP contribution in [0.15, 0.2) is 199 Å². The smallest absolute Gasteiger partial charge is 0.159 e. The van der Waals surface area contributed by atoms with Gasteiger partial charge in [0.25, 0.3) is 0 Å². The molecule has 10 rings (SSSR count). The van der Waals surface area contributed by atoms with Crippen molar-refractivity contribution >= 4 is 60.8 Å². The van der Waals surface area contributed by atoms with Gasteiger partial charge in [-0.1, -0.05) is 146 Å². The van der Waals surface area contributed by atoms with E-state index in [0.29, 0.717) is 0 Å². The first-order valence-electron chi connectivity index (χ1n) is 17.4. The minimum Gasteiger partial charge on any atom is -0.454 e. The molecule has 3 nitrogen and oxygen atoms in total. The molecule has 0 aliphatic heterocycles. The zero-order chi connectivity index (χ0) is 33.7. The maximum atomic E-state index is 6.69. The average Bonchev–Trinajstić information content (AvgIpc) is 3.76. The second-order valence-corrected chi connectivity index (χ2v) is 12.9. The molecule has 0 aliphatic rings. The third-order valence-electron chi connectivity index (χ3n) is 10.0. The Labute approximate surface area is 295 Å². The molecule has 0 bridgehead atoms. The number of fused-ring (bicyclic) bond motifs is 6. The van der Waals surface area contributed by atoms with E-state index in [0.717, 1.165) is 55.8 Å². The Bertz CT molecular complexity index is 2850. The van der Waals surface area contributed by atoms with Crippen molar-refractivity contribution in [2.45, 2.75) is 0 Å². The number of benzene rings is 8. The SMILES string of the molecule is c1ccc(-c2ccc(N(c3ccccc3-c3cccc4c5ccccc5n(-c5ccccc5)c34)c3cccc4c3oc3ccccc34)cc2)cc1. The predicted octanol–water partition coefficient (Wildman–Crippen LogP) is 13.5. The Morgan fingerprint density at radius 3 is 1.82 bits per heavy atom. The van der Waals surface area contributed by atoms with Gasteiger partial charge < -0.3 is 13.9 Å². The topological polar surface area (TPSA) is 21.3 Å². The minimum atomic E-state index is 0.859. The number of aromatic nitrogens is 1. The summed E-state index contributed by atoms with van der Waals surface area (Å²) in [6, 6.07) is 69.1. The summed E-state index contributed by atoms with van der Waals surface area (Å²) in [5.74, 6) is 0. The van der Waals surface area contributed by atoms with Crippen LogP contribution in [0, 0.1) is 0 Å². The van der Waals surface area contributed by atoms with Crippen molar-refractivity contribution in [2.24, 2.45) is 0 Å². The highest BCUT2D eigenvalue weighted by Gasteiger charge is 2.24. The van der Waals surface area contributed by atoms with Crippen LogP contribution in [0.3, 0.4) is 0 Å². The van der Waals surface area contributed by atoms with E-state index < -0.39 is 0 Å². The number of anilines is 3. The van der Waals surface area contributed by atoms with E-state index in [4.69, 9.17) is 4.42 Å². The Morgan fingerprint density at radius 2 is 0.980 bits per heavy atom. The van der Waals surface area contributed by atoms with Gasteiger partial charge in [-0.25, -0.2) is 0 Å². The van der Waals surface area contributed by atoms with Crippen LogP contribution in [0.25, 0.3) is 71.7 Å². The van der Waals surface area contributed by atoms with Crippen molar-refractivity contribution in [2.75, 3.05) is 4.90 Å². The summed E-state index contributed by atoms with van der Waals surface area (Å²) >= 11 is 0. The third kappa shape index (κ3) is 4.74. The average molecular weight is 653 g/mol. The van der Waals surface area contributed by atoms with Gasteiger partial charge in [-0.05, 0) is 59.7 Å². The number of hydrogen-bond donors (Lipinski definition) is 0. The molecule has 8 aromatic carbocycles. The van der Waals surface area contributed by atoms with Crippen LogP contribution < -0.4 is 4.90 Å². The first kappa shape index (κ1) is 29.1. The fourth-order valence-electron chi connectivity index (χ4n) is 7.73. The third-order valence-corrected chi connectivity index (χ3v) is 10.0. The first-order valence-corrected chi connectivity index (χ1v) is 17.4. The molecule has 0 aliphatic carbocycles. The van der Waals surface area contributed by atoms with Gasteiger partial charge in [0.1, 0.15) is 5.58 Å². The summed E-state index contributed by atoms with van der Waals surface area (Å²) in [7, 11) is 0. The highest BCUT2D eigenvalue weighted by molar-refractivity contribution is 6.15. The fraction of sp³-hybridized carbons (Fsp3) is 0. The Kier molecular flexibility index (Phi) is 6.81. The Hall–Kier alpha value is -6.84. The first-order chi connectivity index (χ1) is 25.3. The molecular formula is C48H32N2O. The summed E-state index contributed by atoms with van der Waals surface area (Å²) in [5, 5.41) is 4.66. The fourth-order valence-corrected chi connectivity index (χ4v) is 7.73. The summed E-state index contributed by atoms with van der Waals surface area (Å²) in [5.41, 5.74) is 13.0. The highest BCUT2D eigenvalue weighted by Crippen LogP contribution is 2.47. The van der Waals surface area contributed by atoms with E-state index in [2.05, 4.69) is 198 Å². The second-order valence-electron chi connectivity index (χ2n) is 12.9. The van der Waals surface area contributed by atoms with Gasteiger partial charge in [0, 0.05) is 44.0 Å². The van der Waals surface area contributed by atoms with Crippen LogP contribution in [-0.2, 0) is 0 Å². The molecule has 0 fully saturated rings. The van der Waals surface area contributed by atoms with Crippen LogP contribution in [0.5, 0.6) is 0 Å². The summed E-state index contributed by atoms with van der Waals surface area (Å²) in [4.78, 5) is 2.36. The molecule has 0 saturated carbocycles. The van der Waals surface area contributed by atoms with E-state index in [1.165, 1.54) is 32.9 Å². The van der Waals surface area contributed by atoms with Crippen molar-refractivity contribution < 1.29 is 4.42 Å². The normalized spacial score (nSPS) is 11.5. The zero-order valence-electron chi connectivity index (χ0n) is 27.8. The minimum absolute atomic E-state index is 0.859. The zero-order valence-corrected chi connectivity index (χ0v) is 27.8. The van der Waals surface area contributed by atoms with Gasteiger partial charge >= 0.3 is 0 Å². The van der Waals surface area contributed by atoms with Crippen molar-refractivity contribution in [1.29, 1.82) is 0 Å². The van der Waals surface area contributed by atoms with Crippen molar-refractivity contribution in [3.05, 3.63) is 194 Å². The standard InChI is InChI=1S/C48H32N2O/c1-3-15-33(16-4-1)34-29-31-36(32-30-34)49(45-27-14-24-42-39-21-9-12-28-46(39)51-48(42)45)43-25-10-7-19-37(43)40-22-13-23-41-38-20-8-11-26-44(38)50(47(40)41)35-17-5-2-6-18-35/h1-32H. The van der Waals surface area contributed by atoms with Crippen LogP contribution in [0.4, 0.5) is 17.1 Å². The lowest BCUT2D eigenvalue weighted by atomic mass is 9.98. The Balaban J connectivity index is 1.26. The molecule has 0 atom stereocenters. The van der Waals surface area contributed by atoms with Crippen LogP contribution in [0.1, 0.15) is 0 Å². The van der Waals surface area contributed by atoms with E-state index in [9.17, 15) is 0 Å². The molecule has 0 unspecified atom stereocenters. The van der Waals surface area contributed by atoms with Crippen molar-refractivity contribution in [3.8, 4) is 27.9 Å². The van der Waals surface area contributed by atoms with Gasteiger partial charge in [-0.15, -0.1) is 0 Å². The quantitative estimate of drug-likeness (QED) is 0.178. The van der Waals surface area contributed by atoms with Gasteiger partial charge in [-0.3, -0.25) is 0 Å². The van der Waals surface area contributed by atoms with Crippen LogP contribution in [0.2, 0.25) is 0 Å². The lowest BCUT2D eigenvalue weighted by molar-refractivity contribution is 0.669. The van der Waals surface area contributed by atoms with E-state index >= 15 is 0 Å².